The van der Waals surface area contributed by atoms with E-state index in [-0.39, 0.29) is 43.1 Å². The third kappa shape index (κ3) is 5.80. The van der Waals surface area contributed by atoms with Crippen LogP contribution in [0.2, 0.25) is 0 Å². The van der Waals surface area contributed by atoms with Crippen LogP contribution in [0.5, 0.6) is 11.5 Å². The molecular formula is C18H17F4O8S-. The van der Waals surface area contributed by atoms with Crippen molar-refractivity contribution < 1.29 is 54.3 Å². The number of hydrogen-bond donors (Lipinski definition) is 0. The van der Waals surface area contributed by atoms with Gasteiger partial charge in [-0.1, -0.05) is 18.7 Å². The fourth-order valence-electron chi connectivity index (χ4n) is 2.51. The number of unbranched alkanes of at least 4 members (excludes halogenated alkanes) is 1. The molecule has 0 radical (unpaired) electrons. The Bertz CT molecular complexity index is 975. The maximum absolute atomic E-state index is 13.3. The molecule has 1 aromatic rings. The van der Waals surface area contributed by atoms with Gasteiger partial charge >= 0.3 is 23.1 Å². The minimum Gasteiger partial charge on any atom is -0.743 e. The molecule has 31 heavy (non-hydrogen) atoms. The van der Waals surface area contributed by atoms with Crippen LogP contribution >= 0.6 is 0 Å². The Kier molecular flexibility index (Phi) is 7.44. The number of carbonyl (C=O) groups excluding carboxylic acids is 2. The largest absolute Gasteiger partial charge is 0.743 e. The van der Waals surface area contributed by atoms with Crippen LogP contribution in [-0.2, 0) is 30.9 Å². The van der Waals surface area contributed by atoms with E-state index in [1.165, 1.54) is 6.07 Å². The molecule has 0 unspecified atom stereocenters. The number of benzene rings is 1. The van der Waals surface area contributed by atoms with Crippen LogP contribution in [0.3, 0.4) is 0 Å². The summed E-state index contributed by atoms with van der Waals surface area (Å²) in [6, 6.07) is 4.59. The van der Waals surface area contributed by atoms with E-state index in [0.29, 0.717) is 5.56 Å². The summed E-state index contributed by atoms with van der Waals surface area (Å²) in [4.78, 5) is 23.4. The van der Waals surface area contributed by atoms with Crippen LogP contribution in [-0.4, -0.2) is 49.3 Å². The molecule has 0 spiro atoms. The van der Waals surface area contributed by atoms with Gasteiger partial charge in [0.15, 0.2) is 21.6 Å². The predicted molar refractivity (Wildman–Crippen MR) is 94.8 cm³/mol. The molecule has 8 nitrogen and oxygen atoms in total. The predicted octanol–water partition coefficient (Wildman–Crippen LogP) is 2.57. The number of para-hydroxylation sites is 1. The average Bonchev–Trinajstić information content (AvgIpc) is 3.04. The SMILES string of the molecule is C=C(COCCCCC(F)(F)C(F)(F)S(=O)(=O)[O-])C(=O)Oc1cccc2c1OC(=O)C2. The minimum absolute atomic E-state index is 0.00554. The number of alkyl halides is 4. The first-order valence-electron chi connectivity index (χ1n) is 8.77. The molecule has 1 aromatic carbocycles. The second-order valence-electron chi connectivity index (χ2n) is 6.57. The summed E-state index contributed by atoms with van der Waals surface area (Å²) in [6.45, 7) is 2.84. The summed E-state index contributed by atoms with van der Waals surface area (Å²) in [6.07, 6.45) is -2.27. The number of hydrogen-bond acceptors (Lipinski definition) is 8. The van der Waals surface area contributed by atoms with Crippen molar-refractivity contribution in [2.75, 3.05) is 13.2 Å². The van der Waals surface area contributed by atoms with E-state index in [1.54, 1.807) is 12.1 Å². The minimum atomic E-state index is -6.52. The third-order valence-electron chi connectivity index (χ3n) is 4.15. The number of carbonyl (C=O) groups is 2. The van der Waals surface area contributed by atoms with Gasteiger partial charge in [-0.15, -0.1) is 0 Å². The summed E-state index contributed by atoms with van der Waals surface area (Å²) in [7, 11) is -6.52. The van der Waals surface area contributed by atoms with Crippen molar-refractivity contribution in [1.29, 1.82) is 0 Å². The van der Waals surface area contributed by atoms with Crippen LogP contribution in [0.15, 0.2) is 30.4 Å². The monoisotopic (exact) mass is 469 g/mol. The highest BCUT2D eigenvalue weighted by molar-refractivity contribution is 7.86. The Hall–Kier alpha value is -2.51. The average molecular weight is 469 g/mol. The Balaban J connectivity index is 1.74. The van der Waals surface area contributed by atoms with E-state index in [2.05, 4.69) is 6.58 Å². The molecule has 1 heterocycles. The van der Waals surface area contributed by atoms with Gasteiger partial charge in [-0.25, -0.2) is 13.2 Å². The van der Waals surface area contributed by atoms with Crippen molar-refractivity contribution in [2.24, 2.45) is 0 Å². The van der Waals surface area contributed by atoms with Crippen molar-refractivity contribution in [3.63, 3.8) is 0 Å². The number of esters is 2. The lowest BCUT2D eigenvalue weighted by Crippen LogP contribution is -2.46. The van der Waals surface area contributed by atoms with Crippen molar-refractivity contribution in [3.8, 4) is 11.5 Å². The maximum Gasteiger partial charge on any atom is 0.396 e. The fourth-order valence-corrected chi connectivity index (χ4v) is 2.98. The summed E-state index contributed by atoms with van der Waals surface area (Å²) in [5, 5.41) is -5.72. The number of fused-ring (bicyclic) bond motifs is 1. The van der Waals surface area contributed by atoms with Gasteiger partial charge in [0.25, 0.3) is 0 Å². The van der Waals surface area contributed by atoms with Crippen molar-refractivity contribution in [3.05, 3.63) is 35.9 Å². The van der Waals surface area contributed by atoms with Crippen LogP contribution in [0, 0.1) is 0 Å². The molecule has 13 heteroatoms. The highest BCUT2D eigenvalue weighted by Gasteiger charge is 2.60. The molecule has 0 saturated carbocycles. The van der Waals surface area contributed by atoms with Crippen molar-refractivity contribution in [2.45, 2.75) is 36.9 Å². The molecule has 0 amide bonds. The second kappa shape index (κ2) is 9.32. The molecule has 0 aliphatic carbocycles. The first-order chi connectivity index (χ1) is 14.3. The molecule has 1 aliphatic heterocycles. The highest BCUT2D eigenvalue weighted by atomic mass is 32.2. The Morgan fingerprint density at radius 3 is 2.55 bits per heavy atom. The van der Waals surface area contributed by atoms with E-state index >= 15 is 0 Å². The zero-order chi connectivity index (χ0) is 23.4. The van der Waals surface area contributed by atoms with Crippen LogP contribution in [0.1, 0.15) is 24.8 Å². The fraction of sp³-hybridized carbons (Fsp3) is 0.444. The molecule has 0 aromatic heterocycles. The number of halogens is 4. The standard InChI is InChI=1S/C18H18F4O8S/c1-11(16(24)29-13-6-4-5-12-9-14(23)30-15(12)13)10-28-8-3-2-7-17(19,20)18(21,22)31(25,26)27/h4-6H,1-3,7-10H2,(H,25,26,27)/p-1. The van der Waals surface area contributed by atoms with Gasteiger partial charge in [0.05, 0.1) is 18.6 Å². The lowest BCUT2D eigenvalue weighted by atomic mass is 10.1. The smallest absolute Gasteiger partial charge is 0.396 e. The summed E-state index contributed by atoms with van der Waals surface area (Å²) < 4.78 is 98.5. The maximum atomic E-state index is 13.3. The van der Waals surface area contributed by atoms with E-state index in [4.69, 9.17) is 14.2 Å². The van der Waals surface area contributed by atoms with E-state index in [0.717, 1.165) is 0 Å². The van der Waals surface area contributed by atoms with Gasteiger partial charge in [-0.3, -0.25) is 4.79 Å². The van der Waals surface area contributed by atoms with E-state index in [9.17, 15) is 40.1 Å². The molecule has 2 rings (SSSR count). The van der Waals surface area contributed by atoms with Crippen molar-refractivity contribution >= 4 is 22.1 Å². The third-order valence-corrected chi connectivity index (χ3v) is 5.07. The normalized spacial score (nSPS) is 14.2. The van der Waals surface area contributed by atoms with Gasteiger partial charge < -0.3 is 18.8 Å². The molecule has 0 atom stereocenters. The van der Waals surface area contributed by atoms with Crippen LogP contribution < -0.4 is 9.47 Å². The van der Waals surface area contributed by atoms with Gasteiger partial charge in [0.1, 0.15) is 0 Å². The van der Waals surface area contributed by atoms with Gasteiger partial charge in [0, 0.05) is 18.6 Å². The summed E-state index contributed by atoms with van der Waals surface area (Å²) >= 11 is 0. The molecule has 0 fully saturated rings. The van der Waals surface area contributed by atoms with Crippen LogP contribution in [0.25, 0.3) is 0 Å². The van der Waals surface area contributed by atoms with Gasteiger partial charge in [-0.05, 0) is 18.9 Å². The van der Waals surface area contributed by atoms with E-state index < -0.39 is 46.1 Å². The van der Waals surface area contributed by atoms with Gasteiger partial charge in [-0.2, -0.15) is 17.6 Å². The molecule has 1 aliphatic rings. The topological polar surface area (TPSA) is 119 Å². The quantitative estimate of drug-likeness (QED) is 0.121. The van der Waals surface area contributed by atoms with E-state index in [1.807, 2.05) is 0 Å². The first-order valence-corrected chi connectivity index (χ1v) is 10.2. The Morgan fingerprint density at radius 1 is 1.23 bits per heavy atom. The number of rotatable bonds is 11. The van der Waals surface area contributed by atoms with Gasteiger partial charge in [0.2, 0.25) is 0 Å². The van der Waals surface area contributed by atoms with Crippen molar-refractivity contribution in [1.82, 2.24) is 0 Å². The lowest BCUT2D eigenvalue weighted by Gasteiger charge is -2.28. The molecule has 0 N–H and O–H groups in total. The Morgan fingerprint density at radius 2 is 1.90 bits per heavy atom. The second-order valence-corrected chi connectivity index (χ2v) is 7.99. The first kappa shape index (κ1) is 24.8. The lowest BCUT2D eigenvalue weighted by molar-refractivity contribution is -0.165. The Labute approximate surface area is 174 Å². The number of ether oxygens (including phenoxy) is 3. The highest BCUT2D eigenvalue weighted by Crippen LogP contribution is 2.41. The molecule has 0 bridgehead atoms. The summed E-state index contributed by atoms with van der Waals surface area (Å²) in [5.74, 6) is -6.31. The molecular weight excluding hydrogens is 452 g/mol. The molecule has 0 saturated heterocycles. The molecule has 172 valence electrons. The summed E-state index contributed by atoms with van der Waals surface area (Å²) in [5.41, 5.74) is 0.389. The van der Waals surface area contributed by atoms with Crippen LogP contribution in [0.4, 0.5) is 17.6 Å². The zero-order valence-corrected chi connectivity index (χ0v) is 16.7. The zero-order valence-electron chi connectivity index (χ0n) is 15.9.